The molecule has 0 fully saturated rings. The highest BCUT2D eigenvalue weighted by Gasteiger charge is 1.99. The molecule has 1 N–H and O–H groups in total. The van der Waals surface area contributed by atoms with Gasteiger partial charge in [0.1, 0.15) is 0 Å². The van der Waals surface area contributed by atoms with E-state index >= 15 is 0 Å². The largest absolute Gasteiger partial charge is 0.356 e. The fourth-order valence-electron chi connectivity index (χ4n) is 1.42. The average molecular weight is 234 g/mol. The van der Waals surface area contributed by atoms with Crippen molar-refractivity contribution in [3.05, 3.63) is 0 Å². The Bertz CT molecular complexity index is 151. The first kappa shape index (κ1) is 14.8. The molecule has 90 valence electrons. The molecule has 2 nitrogen and oxygen atoms in total. The second kappa shape index (κ2) is 11.8. The van der Waals surface area contributed by atoms with Crippen LogP contribution in [-0.4, -0.2) is 18.3 Å². The van der Waals surface area contributed by atoms with Gasteiger partial charge in [-0.25, -0.2) is 0 Å². The summed E-state index contributed by atoms with van der Waals surface area (Å²) in [4.78, 5) is 11.3. The number of hydrogen-bond acceptors (Lipinski definition) is 1. The number of hydrogen-bond donors (Lipinski definition) is 1. The van der Waals surface area contributed by atoms with Crippen LogP contribution >= 0.6 is 11.6 Å². The molecule has 0 aromatic heterocycles. The molecule has 0 bridgehead atoms. The third-order valence-corrected chi connectivity index (χ3v) is 2.66. The van der Waals surface area contributed by atoms with Gasteiger partial charge in [0, 0.05) is 18.8 Å². The molecule has 15 heavy (non-hydrogen) atoms. The lowest BCUT2D eigenvalue weighted by Crippen LogP contribution is -2.23. The molecule has 0 aromatic carbocycles. The topological polar surface area (TPSA) is 29.1 Å². The Kier molecular flexibility index (Phi) is 11.6. The van der Waals surface area contributed by atoms with E-state index in [1.165, 1.54) is 19.3 Å². The third kappa shape index (κ3) is 11.7. The van der Waals surface area contributed by atoms with Gasteiger partial charge in [0.15, 0.2) is 0 Å². The predicted octanol–water partition coefficient (Wildman–Crippen LogP) is 3.48. The number of halogens is 1. The van der Waals surface area contributed by atoms with Crippen molar-refractivity contribution in [1.29, 1.82) is 0 Å². The fourth-order valence-corrected chi connectivity index (χ4v) is 1.61. The molecule has 0 heterocycles. The second-order valence-electron chi connectivity index (χ2n) is 3.91. The normalized spacial score (nSPS) is 10.3. The number of carbonyl (C=O) groups excluding carboxylic acids is 1. The van der Waals surface area contributed by atoms with Crippen molar-refractivity contribution in [2.45, 2.75) is 58.3 Å². The molecule has 0 saturated carbocycles. The second-order valence-corrected chi connectivity index (χ2v) is 4.29. The molecule has 0 radical (unpaired) electrons. The van der Waals surface area contributed by atoms with Gasteiger partial charge in [-0.1, -0.05) is 32.6 Å². The highest BCUT2D eigenvalue weighted by molar-refractivity contribution is 6.17. The summed E-state index contributed by atoms with van der Waals surface area (Å²) in [6.07, 6.45) is 8.55. The van der Waals surface area contributed by atoms with Crippen LogP contribution in [0.4, 0.5) is 0 Å². The van der Waals surface area contributed by atoms with Gasteiger partial charge in [-0.15, -0.1) is 11.6 Å². The summed E-state index contributed by atoms with van der Waals surface area (Å²) in [6, 6.07) is 0. The van der Waals surface area contributed by atoms with Crippen molar-refractivity contribution >= 4 is 17.5 Å². The van der Waals surface area contributed by atoms with Crippen LogP contribution in [0.15, 0.2) is 0 Å². The van der Waals surface area contributed by atoms with E-state index in [9.17, 15) is 4.79 Å². The van der Waals surface area contributed by atoms with Gasteiger partial charge in [-0.3, -0.25) is 4.79 Å². The van der Waals surface area contributed by atoms with Gasteiger partial charge < -0.3 is 5.32 Å². The smallest absolute Gasteiger partial charge is 0.219 e. The summed E-state index contributed by atoms with van der Waals surface area (Å²) in [5, 5.41) is 2.95. The lowest BCUT2D eigenvalue weighted by atomic mass is 10.2. The Morgan fingerprint density at radius 3 is 2.47 bits per heavy atom. The SMILES string of the molecule is CCCCCC(=O)NCCCCCCCl. The van der Waals surface area contributed by atoms with E-state index in [-0.39, 0.29) is 5.91 Å². The maximum Gasteiger partial charge on any atom is 0.219 e. The van der Waals surface area contributed by atoms with Crippen LogP contribution in [0.25, 0.3) is 0 Å². The van der Waals surface area contributed by atoms with Gasteiger partial charge in [0.05, 0.1) is 0 Å². The minimum absolute atomic E-state index is 0.209. The molecule has 3 heteroatoms. The van der Waals surface area contributed by atoms with Gasteiger partial charge >= 0.3 is 0 Å². The van der Waals surface area contributed by atoms with Crippen LogP contribution in [0.5, 0.6) is 0 Å². The monoisotopic (exact) mass is 233 g/mol. The third-order valence-electron chi connectivity index (χ3n) is 2.39. The van der Waals surface area contributed by atoms with E-state index in [1.807, 2.05) is 0 Å². The standard InChI is InChI=1S/C12H24ClNO/c1-2-3-6-9-12(15)14-11-8-5-4-7-10-13/h2-11H2,1H3,(H,14,15). The van der Waals surface area contributed by atoms with E-state index in [1.54, 1.807) is 0 Å². The predicted molar refractivity (Wildman–Crippen MR) is 66.3 cm³/mol. The van der Waals surface area contributed by atoms with Gasteiger partial charge in [-0.05, 0) is 19.3 Å². The van der Waals surface area contributed by atoms with Gasteiger partial charge in [-0.2, -0.15) is 0 Å². The number of amides is 1. The van der Waals surface area contributed by atoms with E-state index in [0.717, 1.165) is 38.1 Å². The summed E-state index contributed by atoms with van der Waals surface area (Å²) in [6.45, 7) is 2.97. The zero-order valence-electron chi connectivity index (χ0n) is 9.86. The van der Waals surface area contributed by atoms with Gasteiger partial charge in [0.2, 0.25) is 5.91 Å². The summed E-state index contributed by atoms with van der Waals surface area (Å²) in [7, 11) is 0. The number of unbranched alkanes of at least 4 members (excludes halogenated alkanes) is 5. The Hall–Kier alpha value is -0.240. The molecule has 0 unspecified atom stereocenters. The Morgan fingerprint density at radius 2 is 1.80 bits per heavy atom. The van der Waals surface area contributed by atoms with Gasteiger partial charge in [0.25, 0.3) is 0 Å². The minimum atomic E-state index is 0.209. The van der Waals surface area contributed by atoms with Crippen LogP contribution in [-0.2, 0) is 4.79 Å². The van der Waals surface area contributed by atoms with Crippen molar-refractivity contribution < 1.29 is 4.79 Å². The van der Waals surface area contributed by atoms with Crippen LogP contribution in [0.3, 0.4) is 0 Å². The van der Waals surface area contributed by atoms with Crippen LogP contribution in [0, 0.1) is 0 Å². The Labute approximate surface area is 98.8 Å². The molecule has 0 aromatic rings. The Balaban J connectivity index is 3.10. The number of rotatable bonds is 10. The summed E-state index contributed by atoms with van der Waals surface area (Å²) in [5.41, 5.74) is 0. The molecule has 0 spiro atoms. The first-order valence-corrected chi connectivity index (χ1v) is 6.67. The minimum Gasteiger partial charge on any atom is -0.356 e. The molecule has 0 aliphatic rings. The number of alkyl halides is 1. The number of carbonyl (C=O) groups is 1. The van der Waals surface area contributed by atoms with Crippen molar-refractivity contribution in [3.8, 4) is 0 Å². The van der Waals surface area contributed by atoms with Crippen LogP contribution in [0.2, 0.25) is 0 Å². The lowest BCUT2D eigenvalue weighted by Gasteiger charge is -2.04. The zero-order chi connectivity index (χ0) is 11.4. The molecule has 0 aliphatic carbocycles. The van der Waals surface area contributed by atoms with Crippen molar-refractivity contribution in [2.75, 3.05) is 12.4 Å². The molecule has 0 rings (SSSR count). The molecule has 0 aliphatic heterocycles. The maximum absolute atomic E-state index is 11.3. The molecule has 0 atom stereocenters. The number of nitrogens with one attached hydrogen (secondary N) is 1. The lowest BCUT2D eigenvalue weighted by molar-refractivity contribution is -0.121. The highest BCUT2D eigenvalue weighted by atomic mass is 35.5. The summed E-state index contributed by atoms with van der Waals surface area (Å²) >= 11 is 5.57. The summed E-state index contributed by atoms with van der Waals surface area (Å²) in [5.74, 6) is 0.962. The fraction of sp³-hybridized carbons (Fsp3) is 0.917. The first-order chi connectivity index (χ1) is 7.31. The maximum atomic E-state index is 11.3. The zero-order valence-corrected chi connectivity index (χ0v) is 10.6. The van der Waals surface area contributed by atoms with E-state index in [0.29, 0.717) is 6.42 Å². The van der Waals surface area contributed by atoms with E-state index in [2.05, 4.69) is 12.2 Å². The molecule has 1 amide bonds. The van der Waals surface area contributed by atoms with E-state index in [4.69, 9.17) is 11.6 Å². The molecule has 0 saturated heterocycles. The van der Waals surface area contributed by atoms with Crippen molar-refractivity contribution in [1.82, 2.24) is 5.32 Å². The summed E-state index contributed by atoms with van der Waals surface area (Å²) < 4.78 is 0. The van der Waals surface area contributed by atoms with Crippen LogP contribution in [0.1, 0.15) is 58.3 Å². The Morgan fingerprint density at radius 1 is 1.07 bits per heavy atom. The van der Waals surface area contributed by atoms with Crippen molar-refractivity contribution in [3.63, 3.8) is 0 Å². The molecular formula is C12H24ClNO. The first-order valence-electron chi connectivity index (χ1n) is 6.14. The molecular weight excluding hydrogens is 210 g/mol. The quantitative estimate of drug-likeness (QED) is 0.454. The van der Waals surface area contributed by atoms with Crippen molar-refractivity contribution in [2.24, 2.45) is 0 Å². The van der Waals surface area contributed by atoms with Crippen LogP contribution < -0.4 is 5.32 Å². The highest BCUT2D eigenvalue weighted by Crippen LogP contribution is 2.01. The average Bonchev–Trinajstić information content (AvgIpc) is 2.23. The van der Waals surface area contributed by atoms with E-state index < -0.39 is 0 Å².